The predicted octanol–water partition coefficient (Wildman–Crippen LogP) is -1.98. The normalized spacial score (nSPS) is 10.1. The van der Waals surface area contributed by atoms with Crippen molar-refractivity contribution in [3.8, 4) is 5.88 Å². The topological polar surface area (TPSA) is 142 Å². The van der Waals surface area contributed by atoms with E-state index in [-0.39, 0.29) is 0 Å². The molecule has 1 amide bonds. The molecule has 0 aliphatic heterocycles. The first-order chi connectivity index (χ1) is 7.34. The first-order valence-corrected chi connectivity index (χ1v) is 4.23. The van der Waals surface area contributed by atoms with E-state index in [2.05, 4.69) is 0 Å². The van der Waals surface area contributed by atoms with Crippen LogP contribution in [0.25, 0.3) is 0 Å². The molecule has 0 radical (unpaired) electrons. The van der Waals surface area contributed by atoms with Gasteiger partial charge in [0.25, 0.3) is 5.56 Å². The van der Waals surface area contributed by atoms with Crippen molar-refractivity contribution in [3.63, 3.8) is 0 Å². The molecule has 86 valence electrons. The molecule has 0 aliphatic carbocycles. The number of aromatic amines is 1. The van der Waals surface area contributed by atoms with Crippen molar-refractivity contribution in [1.29, 1.82) is 5.41 Å². The third-order valence-electron chi connectivity index (χ3n) is 1.95. The zero-order chi connectivity index (χ0) is 12.5. The van der Waals surface area contributed by atoms with Crippen LogP contribution in [0.3, 0.4) is 0 Å². The van der Waals surface area contributed by atoms with Gasteiger partial charge in [0, 0.05) is 7.05 Å². The summed E-state index contributed by atoms with van der Waals surface area (Å²) in [6.45, 7) is 0. The van der Waals surface area contributed by atoms with Gasteiger partial charge >= 0.3 is 5.69 Å². The van der Waals surface area contributed by atoms with Crippen molar-refractivity contribution in [2.45, 2.75) is 6.42 Å². The molecule has 0 bridgehead atoms. The van der Waals surface area contributed by atoms with Crippen LogP contribution < -0.4 is 17.0 Å². The Hall–Kier alpha value is -2.38. The average molecular weight is 226 g/mol. The second-order valence-corrected chi connectivity index (χ2v) is 3.14. The number of primary amides is 1. The molecule has 0 aromatic carbocycles. The Bertz CT molecular complexity index is 568. The lowest BCUT2D eigenvalue weighted by atomic mass is 10.1. The minimum Gasteiger partial charge on any atom is -0.494 e. The number of carbonyl (C=O) groups is 1. The van der Waals surface area contributed by atoms with Crippen molar-refractivity contribution in [3.05, 3.63) is 26.4 Å². The highest BCUT2D eigenvalue weighted by molar-refractivity contribution is 6.09. The third-order valence-corrected chi connectivity index (χ3v) is 1.95. The van der Waals surface area contributed by atoms with E-state index in [1.165, 1.54) is 7.05 Å². The van der Waals surface area contributed by atoms with E-state index in [1.54, 1.807) is 0 Å². The van der Waals surface area contributed by atoms with Crippen LogP contribution in [0, 0.1) is 5.41 Å². The van der Waals surface area contributed by atoms with Gasteiger partial charge in [-0.05, 0) is 0 Å². The van der Waals surface area contributed by atoms with Crippen LogP contribution in [0.4, 0.5) is 0 Å². The number of nitrogens with zero attached hydrogens (tertiary/aromatic N) is 1. The number of carbonyl (C=O) groups excluding carboxylic acids is 1. The monoisotopic (exact) mass is 226 g/mol. The summed E-state index contributed by atoms with van der Waals surface area (Å²) in [6, 6.07) is 0. The highest BCUT2D eigenvalue weighted by atomic mass is 16.3. The second-order valence-electron chi connectivity index (χ2n) is 3.14. The molecule has 0 atom stereocenters. The van der Waals surface area contributed by atoms with E-state index < -0.39 is 40.7 Å². The smallest absolute Gasteiger partial charge is 0.330 e. The van der Waals surface area contributed by atoms with Crippen LogP contribution >= 0.6 is 0 Å². The number of rotatable bonds is 3. The number of aromatic hydroxyl groups is 1. The van der Waals surface area contributed by atoms with Crippen molar-refractivity contribution >= 4 is 11.6 Å². The van der Waals surface area contributed by atoms with Crippen molar-refractivity contribution in [1.82, 2.24) is 9.55 Å². The zero-order valence-electron chi connectivity index (χ0n) is 8.40. The van der Waals surface area contributed by atoms with Gasteiger partial charge < -0.3 is 16.2 Å². The molecule has 8 heteroatoms. The fraction of sp³-hybridized carbons (Fsp3) is 0.250. The third kappa shape index (κ3) is 2.00. The molecule has 0 saturated heterocycles. The summed E-state index contributed by atoms with van der Waals surface area (Å²) < 4.78 is 0.756. The molecule has 1 aromatic heterocycles. The lowest BCUT2D eigenvalue weighted by molar-refractivity contribution is -0.116. The minimum atomic E-state index is -0.924. The summed E-state index contributed by atoms with van der Waals surface area (Å²) >= 11 is 0. The second kappa shape index (κ2) is 4.01. The van der Waals surface area contributed by atoms with Gasteiger partial charge in [-0.25, -0.2) is 4.79 Å². The first-order valence-electron chi connectivity index (χ1n) is 4.23. The van der Waals surface area contributed by atoms with Gasteiger partial charge in [-0.2, -0.15) is 0 Å². The summed E-state index contributed by atoms with van der Waals surface area (Å²) in [5.74, 6) is -1.47. The highest BCUT2D eigenvalue weighted by Crippen LogP contribution is 2.10. The number of H-pyrrole nitrogens is 1. The number of aromatic nitrogens is 2. The molecule has 1 heterocycles. The zero-order valence-corrected chi connectivity index (χ0v) is 8.40. The van der Waals surface area contributed by atoms with Crippen LogP contribution in [-0.2, 0) is 11.8 Å². The van der Waals surface area contributed by atoms with Crippen LogP contribution in [0.15, 0.2) is 9.59 Å². The Morgan fingerprint density at radius 3 is 2.62 bits per heavy atom. The van der Waals surface area contributed by atoms with E-state index in [9.17, 15) is 19.5 Å². The molecule has 0 spiro atoms. The van der Waals surface area contributed by atoms with Crippen molar-refractivity contribution < 1.29 is 9.90 Å². The van der Waals surface area contributed by atoms with Crippen LogP contribution in [0.2, 0.25) is 0 Å². The van der Waals surface area contributed by atoms with Gasteiger partial charge in [0.2, 0.25) is 11.8 Å². The molecule has 0 saturated carbocycles. The van der Waals surface area contributed by atoms with Gasteiger partial charge in [0.1, 0.15) is 5.56 Å². The maximum atomic E-state index is 11.3. The molecule has 5 N–H and O–H groups in total. The molecule has 0 fully saturated rings. The fourth-order valence-electron chi connectivity index (χ4n) is 1.14. The van der Waals surface area contributed by atoms with Crippen LogP contribution in [0.1, 0.15) is 12.0 Å². The Balaban J connectivity index is 3.41. The van der Waals surface area contributed by atoms with Gasteiger partial charge in [-0.1, -0.05) is 0 Å². The number of amides is 1. The molecule has 8 nitrogen and oxygen atoms in total. The molecule has 16 heavy (non-hydrogen) atoms. The van der Waals surface area contributed by atoms with Gasteiger partial charge in [0.05, 0.1) is 12.1 Å². The predicted molar refractivity (Wildman–Crippen MR) is 54.6 cm³/mol. The number of nitrogens with one attached hydrogen (secondary N) is 2. The molecule has 0 aliphatic rings. The van der Waals surface area contributed by atoms with Gasteiger partial charge in [0.15, 0.2) is 0 Å². The quantitative estimate of drug-likeness (QED) is 0.443. The Kier molecular flexibility index (Phi) is 2.93. The SMILES string of the molecule is Cn1c(O)c(C(=N)CC(N)=O)c(=O)[nH]c1=O. The van der Waals surface area contributed by atoms with Crippen molar-refractivity contribution in [2.24, 2.45) is 12.8 Å². The molecular weight excluding hydrogens is 216 g/mol. The summed E-state index contributed by atoms with van der Waals surface area (Å²) in [5.41, 5.74) is 2.25. The van der Waals surface area contributed by atoms with E-state index in [0.717, 1.165) is 4.57 Å². The molecule has 0 unspecified atom stereocenters. The maximum absolute atomic E-state index is 11.3. The standard InChI is InChI=1S/C8H10N4O4/c1-12-7(15)5(3(9)2-4(10)13)6(14)11-8(12)16/h9,15H,2H2,1H3,(H2,10,13)(H,11,14,16). The molecule has 1 aromatic rings. The van der Waals surface area contributed by atoms with E-state index >= 15 is 0 Å². The highest BCUT2D eigenvalue weighted by Gasteiger charge is 2.17. The number of hydrogen-bond acceptors (Lipinski definition) is 5. The number of hydrogen-bond donors (Lipinski definition) is 4. The number of nitrogens with two attached hydrogens (primary N) is 1. The van der Waals surface area contributed by atoms with Crippen molar-refractivity contribution in [2.75, 3.05) is 0 Å². The van der Waals surface area contributed by atoms with Gasteiger partial charge in [-0.3, -0.25) is 19.1 Å². The van der Waals surface area contributed by atoms with Crippen LogP contribution in [-0.4, -0.2) is 26.3 Å². The first kappa shape index (κ1) is 11.7. The average Bonchev–Trinajstić information content (AvgIpc) is 2.13. The van der Waals surface area contributed by atoms with Crippen LogP contribution in [0.5, 0.6) is 5.88 Å². The van der Waals surface area contributed by atoms with E-state index in [4.69, 9.17) is 11.1 Å². The Morgan fingerprint density at radius 1 is 1.56 bits per heavy atom. The summed E-state index contributed by atoms with van der Waals surface area (Å²) in [4.78, 5) is 34.8. The lowest BCUT2D eigenvalue weighted by Gasteiger charge is -2.06. The van der Waals surface area contributed by atoms with E-state index in [1.807, 2.05) is 4.98 Å². The summed E-state index contributed by atoms with van der Waals surface area (Å²) in [5, 5.41) is 16.9. The van der Waals surface area contributed by atoms with E-state index in [0.29, 0.717) is 0 Å². The van der Waals surface area contributed by atoms with Gasteiger partial charge in [-0.15, -0.1) is 0 Å². The maximum Gasteiger partial charge on any atom is 0.330 e. The summed E-state index contributed by atoms with van der Waals surface area (Å²) in [6.07, 6.45) is -0.491. The Labute approximate surface area is 88.8 Å². The Morgan fingerprint density at radius 2 is 2.12 bits per heavy atom. The largest absolute Gasteiger partial charge is 0.494 e. The summed E-state index contributed by atoms with van der Waals surface area (Å²) in [7, 11) is 1.22. The fourth-order valence-corrected chi connectivity index (χ4v) is 1.14. The molecule has 1 rings (SSSR count). The lowest BCUT2D eigenvalue weighted by Crippen LogP contribution is -2.33. The minimum absolute atomic E-state index is 0.430. The molecular formula is C8H10N4O4.